The highest BCUT2D eigenvalue weighted by Crippen LogP contribution is 2.32. The SMILES string of the molecule is [2H]C([2H])([2H])S(=O)(=O)c1cc(C(F)(F)F)ccc1C(=O)c1c(C)[nH]n(C)c1=O. The summed E-state index contributed by atoms with van der Waals surface area (Å²) < 4.78 is 85.7. The molecule has 2 rings (SSSR count). The Kier molecular flexibility index (Phi) is 3.28. The number of aromatic nitrogens is 2. The summed E-state index contributed by atoms with van der Waals surface area (Å²) in [5, 5.41) is 2.49. The Morgan fingerprint density at radius 1 is 1.33 bits per heavy atom. The van der Waals surface area contributed by atoms with Crippen LogP contribution in [0.25, 0.3) is 0 Å². The van der Waals surface area contributed by atoms with Crippen LogP contribution in [0.2, 0.25) is 0 Å². The number of carbonyl (C=O) groups excluding carboxylic acids is 1. The number of carbonyl (C=O) groups is 1. The van der Waals surface area contributed by atoms with Crippen molar-refractivity contribution in [1.29, 1.82) is 0 Å². The number of aryl methyl sites for hydroxylation is 2. The van der Waals surface area contributed by atoms with Gasteiger partial charge < -0.3 is 0 Å². The number of nitrogens with zero attached hydrogens (tertiary/aromatic N) is 1. The van der Waals surface area contributed by atoms with Gasteiger partial charge in [0.05, 0.1) is 10.5 Å². The predicted octanol–water partition coefficient (Wildman–Crippen LogP) is 1.68. The molecule has 2 aromatic rings. The second-order valence-electron chi connectivity index (χ2n) is 5.02. The van der Waals surface area contributed by atoms with Crippen molar-refractivity contribution in [1.82, 2.24) is 9.78 Å². The van der Waals surface area contributed by atoms with Crippen molar-refractivity contribution in [2.45, 2.75) is 18.0 Å². The van der Waals surface area contributed by atoms with Crippen LogP contribution in [0.4, 0.5) is 13.2 Å². The summed E-state index contributed by atoms with van der Waals surface area (Å²) >= 11 is 0. The van der Waals surface area contributed by atoms with Gasteiger partial charge >= 0.3 is 6.18 Å². The summed E-state index contributed by atoms with van der Waals surface area (Å²) in [7, 11) is -4.02. The quantitative estimate of drug-likeness (QED) is 0.838. The van der Waals surface area contributed by atoms with Crippen molar-refractivity contribution in [3.05, 3.63) is 50.9 Å². The number of ketones is 1. The zero-order valence-corrected chi connectivity index (χ0v) is 13.2. The fraction of sp³-hybridized carbons (Fsp3) is 0.286. The van der Waals surface area contributed by atoms with Gasteiger partial charge in [0.15, 0.2) is 9.84 Å². The number of aromatic amines is 1. The van der Waals surface area contributed by atoms with Crippen LogP contribution >= 0.6 is 0 Å². The van der Waals surface area contributed by atoms with E-state index in [0.29, 0.717) is 12.1 Å². The van der Waals surface area contributed by atoms with Gasteiger partial charge in [0.1, 0.15) is 5.56 Å². The summed E-state index contributed by atoms with van der Waals surface area (Å²) in [6, 6.07) is 1.08. The van der Waals surface area contributed by atoms with Crippen molar-refractivity contribution in [3.63, 3.8) is 0 Å². The third-order valence-corrected chi connectivity index (χ3v) is 4.22. The average molecular weight is 365 g/mol. The molecule has 1 aromatic heterocycles. The van der Waals surface area contributed by atoms with Gasteiger partial charge in [-0.15, -0.1) is 0 Å². The molecule has 0 unspecified atom stereocenters. The van der Waals surface area contributed by atoms with Gasteiger partial charge in [0.25, 0.3) is 5.56 Å². The predicted molar refractivity (Wildman–Crippen MR) is 78.8 cm³/mol. The van der Waals surface area contributed by atoms with Crippen LogP contribution in [-0.4, -0.2) is 30.2 Å². The molecule has 0 bridgehead atoms. The number of nitrogens with one attached hydrogen (secondary N) is 1. The Morgan fingerprint density at radius 2 is 1.96 bits per heavy atom. The van der Waals surface area contributed by atoms with Crippen LogP contribution in [-0.2, 0) is 23.1 Å². The lowest BCUT2D eigenvalue weighted by Crippen LogP contribution is -2.21. The van der Waals surface area contributed by atoms with E-state index in [1.54, 1.807) is 0 Å². The fourth-order valence-corrected chi connectivity index (χ4v) is 2.93. The maximum absolute atomic E-state index is 13.0. The van der Waals surface area contributed by atoms with Crippen LogP contribution in [0.5, 0.6) is 0 Å². The highest BCUT2D eigenvalue weighted by molar-refractivity contribution is 7.90. The molecule has 130 valence electrons. The van der Waals surface area contributed by atoms with E-state index in [-0.39, 0.29) is 11.8 Å². The van der Waals surface area contributed by atoms with Gasteiger partial charge in [-0.3, -0.25) is 19.4 Å². The van der Waals surface area contributed by atoms with Gasteiger partial charge in [0.2, 0.25) is 5.78 Å². The number of H-pyrrole nitrogens is 1. The topological polar surface area (TPSA) is 89.0 Å². The number of rotatable bonds is 3. The highest BCUT2D eigenvalue weighted by atomic mass is 32.2. The molecule has 6 nitrogen and oxygen atoms in total. The molecule has 0 atom stereocenters. The van der Waals surface area contributed by atoms with E-state index in [9.17, 15) is 31.2 Å². The summed E-state index contributed by atoms with van der Waals surface area (Å²) in [6.45, 7) is 1.33. The molecule has 0 aliphatic heterocycles. The van der Waals surface area contributed by atoms with E-state index < -0.39 is 55.1 Å². The molecule has 24 heavy (non-hydrogen) atoms. The van der Waals surface area contributed by atoms with Gasteiger partial charge in [-0.1, -0.05) is 0 Å². The first-order valence-electron chi connectivity index (χ1n) is 7.85. The minimum atomic E-state index is -5.30. The number of sulfone groups is 1. The zero-order chi connectivity index (χ0) is 20.9. The highest BCUT2D eigenvalue weighted by Gasteiger charge is 2.33. The standard InChI is InChI=1S/C14H13F3N2O4S/c1-7-11(13(21)19(2)18-7)12(20)9-5-4-8(14(15,16)17)6-10(9)24(3,22)23/h4-6,18H,1-3H3/i3D3. The van der Waals surface area contributed by atoms with Crippen LogP contribution in [0.1, 0.15) is 31.3 Å². The van der Waals surface area contributed by atoms with Gasteiger partial charge in [0, 0.05) is 28.6 Å². The summed E-state index contributed by atoms with van der Waals surface area (Å²) in [4.78, 5) is 23.4. The molecule has 10 heteroatoms. The third-order valence-electron chi connectivity index (χ3n) is 3.30. The van der Waals surface area contributed by atoms with Crippen molar-refractivity contribution in [2.75, 3.05) is 6.18 Å². The van der Waals surface area contributed by atoms with Crippen LogP contribution < -0.4 is 5.56 Å². The molecule has 0 amide bonds. The molecule has 1 heterocycles. The molecule has 0 radical (unpaired) electrons. The van der Waals surface area contributed by atoms with E-state index >= 15 is 0 Å². The third kappa shape index (κ3) is 3.14. The molecule has 0 spiro atoms. The van der Waals surface area contributed by atoms with Crippen molar-refractivity contribution < 1.29 is 30.5 Å². The normalized spacial score (nSPS) is 14.8. The van der Waals surface area contributed by atoms with E-state index in [1.165, 1.54) is 14.0 Å². The number of hydrogen-bond acceptors (Lipinski definition) is 4. The second-order valence-corrected chi connectivity index (χ2v) is 6.46. The van der Waals surface area contributed by atoms with E-state index in [4.69, 9.17) is 4.11 Å². The Balaban J connectivity index is 2.85. The van der Waals surface area contributed by atoms with E-state index in [0.717, 1.165) is 4.68 Å². The molecular weight excluding hydrogens is 349 g/mol. The monoisotopic (exact) mass is 365 g/mol. The summed E-state index contributed by atoms with van der Waals surface area (Å²) in [5.74, 6) is -1.20. The molecule has 0 fully saturated rings. The largest absolute Gasteiger partial charge is 0.416 e. The Morgan fingerprint density at radius 3 is 2.42 bits per heavy atom. The van der Waals surface area contributed by atoms with E-state index in [1.807, 2.05) is 0 Å². The molecular formula is C14H13F3N2O4S. The number of benzene rings is 1. The fourth-order valence-electron chi connectivity index (χ4n) is 2.20. The Labute approximate surface area is 139 Å². The smallest absolute Gasteiger partial charge is 0.299 e. The zero-order valence-electron chi connectivity index (χ0n) is 15.4. The van der Waals surface area contributed by atoms with Gasteiger partial charge in [-0.05, 0) is 25.1 Å². The first-order valence-corrected chi connectivity index (χ1v) is 7.83. The maximum Gasteiger partial charge on any atom is 0.416 e. The molecule has 0 aliphatic carbocycles. The van der Waals surface area contributed by atoms with Gasteiger partial charge in [-0.25, -0.2) is 8.42 Å². The lowest BCUT2D eigenvalue weighted by atomic mass is 10.0. The molecule has 1 aromatic carbocycles. The average Bonchev–Trinajstić information content (AvgIpc) is 2.76. The van der Waals surface area contributed by atoms with Crippen molar-refractivity contribution >= 4 is 15.6 Å². The lowest BCUT2D eigenvalue weighted by molar-refractivity contribution is -0.137. The number of hydrogen-bond donors (Lipinski definition) is 1. The maximum atomic E-state index is 13.0. The molecule has 0 aliphatic rings. The minimum absolute atomic E-state index is 0.0460. The first kappa shape index (κ1) is 14.0. The summed E-state index contributed by atoms with van der Waals surface area (Å²) in [6.07, 6.45) is -8.68. The Bertz CT molecular complexity index is 1080. The number of alkyl halides is 3. The number of halogens is 3. The van der Waals surface area contributed by atoms with Crippen molar-refractivity contribution in [2.24, 2.45) is 7.05 Å². The van der Waals surface area contributed by atoms with E-state index in [2.05, 4.69) is 5.10 Å². The first-order chi connectivity index (χ1) is 12.1. The second kappa shape index (κ2) is 5.62. The summed E-state index contributed by atoms with van der Waals surface area (Å²) in [5.41, 5.74) is -3.57. The van der Waals surface area contributed by atoms with Gasteiger partial charge in [-0.2, -0.15) is 13.2 Å². The Hall–Kier alpha value is -2.36. The molecule has 0 saturated carbocycles. The lowest BCUT2D eigenvalue weighted by Gasteiger charge is -2.11. The van der Waals surface area contributed by atoms with Crippen LogP contribution in [0.3, 0.4) is 0 Å². The molecule has 0 saturated heterocycles. The van der Waals surface area contributed by atoms with Crippen LogP contribution in [0.15, 0.2) is 27.9 Å². The van der Waals surface area contributed by atoms with Crippen LogP contribution in [0, 0.1) is 6.92 Å². The van der Waals surface area contributed by atoms with Crippen molar-refractivity contribution in [3.8, 4) is 0 Å². The molecule has 1 N–H and O–H groups in total. The minimum Gasteiger partial charge on any atom is -0.299 e.